The third kappa shape index (κ3) is 23.8. The highest BCUT2D eigenvalue weighted by Gasteiger charge is 2.18. The molecular weight excluding hydrogens is 834 g/mol. The van der Waals surface area contributed by atoms with Crippen LogP contribution in [-0.4, -0.2) is 72.2 Å². The fourth-order valence-electron chi connectivity index (χ4n) is 3.92. The van der Waals surface area contributed by atoms with Gasteiger partial charge in [-0.1, -0.05) is 54.6 Å². The van der Waals surface area contributed by atoms with Crippen molar-refractivity contribution in [3.8, 4) is 6.07 Å². The van der Waals surface area contributed by atoms with Crippen molar-refractivity contribution >= 4 is 70.4 Å². The zero-order valence-electron chi connectivity index (χ0n) is 32.5. The van der Waals surface area contributed by atoms with Gasteiger partial charge in [0.05, 0.1) is 38.2 Å². The van der Waals surface area contributed by atoms with Crippen molar-refractivity contribution in [2.75, 3.05) is 16.0 Å². The SMILES string of the molecule is CC#N.NC(=O)Nc1ccccc1.NC(=O)Nc1ccccc1.NC(=O)Nc1ccccc1.O=C(O)c1cc(C(=O)O)cc([N+](=O)[O-])c1.O=C(O)c1cc(C(=O)O)cc([N+](=O)[O-])c1. The molecule has 0 saturated heterocycles. The minimum Gasteiger partial charge on any atom is -0.478 e. The Morgan fingerprint density at radius 3 is 0.810 bits per heavy atom. The molecule has 5 aromatic rings. The van der Waals surface area contributed by atoms with E-state index in [0.717, 1.165) is 53.5 Å². The second-order valence-corrected chi connectivity index (χ2v) is 11.1. The van der Waals surface area contributed by atoms with E-state index in [-0.39, 0.29) is 0 Å². The normalized spacial score (nSPS) is 8.89. The van der Waals surface area contributed by atoms with Crippen LogP contribution >= 0.6 is 0 Å². The largest absolute Gasteiger partial charge is 0.478 e. The fourth-order valence-corrected chi connectivity index (χ4v) is 3.92. The molecule has 63 heavy (non-hydrogen) atoms. The van der Waals surface area contributed by atoms with Crippen LogP contribution in [0.25, 0.3) is 0 Å². The van der Waals surface area contributed by atoms with Gasteiger partial charge in [0.25, 0.3) is 11.4 Å². The molecule has 0 atom stereocenters. The lowest BCUT2D eigenvalue weighted by molar-refractivity contribution is -0.385. The Bertz CT molecular complexity index is 2050. The number of amides is 6. The number of benzene rings is 5. The third-order valence-electron chi connectivity index (χ3n) is 6.37. The molecular formula is C39H37N9O15. The number of primary amides is 3. The highest BCUT2D eigenvalue weighted by Crippen LogP contribution is 2.18. The van der Waals surface area contributed by atoms with Crippen molar-refractivity contribution in [2.45, 2.75) is 6.92 Å². The summed E-state index contributed by atoms with van der Waals surface area (Å²) in [5.74, 6) is -5.66. The number of hydrogen-bond acceptors (Lipinski definition) is 12. The Balaban J connectivity index is 0.000000759. The maximum Gasteiger partial charge on any atom is 0.335 e. The Labute approximate surface area is 355 Å². The van der Waals surface area contributed by atoms with E-state index < -0.39 is 85.4 Å². The topological polar surface area (TPSA) is 425 Å². The Hall–Kier alpha value is -9.92. The minimum atomic E-state index is -1.42. The molecule has 0 spiro atoms. The summed E-state index contributed by atoms with van der Waals surface area (Å²) in [6.07, 6.45) is 0. The van der Waals surface area contributed by atoms with Gasteiger partial charge >= 0.3 is 42.0 Å². The summed E-state index contributed by atoms with van der Waals surface area (Å²) in [7, 11) is 0. The van der Waals surface area contributed by atoms with E-state index in [1.54, 1.807) is 42.5 Å². The second-order valence-electron chi connectivity index (χ2n) is 11.1. The minimum absolute atomic E-state index is 0.429. The number of nitro benzene ring substituents is 2. The number of non-ortho nitro benzene ring substituents is 2. The number of para-hydroxylation sites is 3. The van der Waals surface area contributed by atoms with Crippen LogP contribution in [0.3, 0.4) is 0 Å². The number of nitro groups is 2. The molecule has 0 aliphatic rings. The van der Waals surface area contributed by atoms with Crippen molar-refractivity contribution in [2.24, 2.45) is 17.2 Å². The average Bonchev–Trinajstić information content (AvgIpc) is 3.22. The van der Waals surface area contributed by atoms with E-state index in [1.807, 2.05) is 54.6 Å². The number of anilines is 3. The predicted octanol–water partition coefficient (Wildman–Crippen LogP) is 6.04. The number of rotatable bonds is 9. The fraction of sp³-hybridized carbons (Fsp3) is 0.0256. The van der Waals surface area contributed by atoms with E-state index in [9.17, 15) is 53.8 Å². The number of carbonyl (C=O) groups excluding carboxylic acids is 3. The zero-order valence-corrected chi connectivity index (χ0v) is 32.5. The number of hydrogen-bond donors (Lipinski definition) is 10. The molecule has 0 fully saturated rings. The van der Waals surface area contributed by atoms with Gasteiger partial charge in [-0.3, -0.25) is 20.2 Å². The molecule has 0 aliphatic carbocycles. The smallest absolute Gasteiger partial charge is 0.335 e. The summed E-state index contributed by atoms with van der Waals surface area (Å²) < 4.78 is 0. The third-order valence-corrected chi connectivity index (χ3v) is 6.37. The molecule has 0 unspecified atom stereocenters. The molecule has 0 bridgehead atoms. The summed E-state index contributed by atoms with van der Waals surface area (Å²) in [5.41, 5.74) is 13.9. The van der Waals surface area contributed by atoms with Gasteiger partial charge < -0.3 is 53.6 Å². The second kappa shape index (κ2) is 28.5. The number of urea groups is 3. The summed E-state index contributed by atoms with van der Waals surface area (Å²) in [5, 5.41) is 69.7. The van der Waals surface area contributed by atoms with Crippen molar-refractivity contribution in [1.29, 1.82) is 5.26 Å². The molecule has 5 aromatic carbocycles. The number of aromatic carboxylic acids is 4. The molecule has 0 aliphatic heterocycles. The molecule has 0 radical (unpaired) electrons. The number of carbonyl (C=O) groups is 7. The van der Waals surface area contributed by atoms with Crippen LogP contribution in [0.5, 0.6) is 0 Å². The highest BCUT2D eigenvalue weighted by molar-refractivity contribution is 5.96. The summed E-state index contributed by atoms with van der Waals surface area (Å²) in [6, 6.07) is 32.2. The van der Waals surface area contributed by atoms with Crippen LogP contribution in [0.4, 0.5) is 42.8 Å². The standard InChI is InChI=1S/2C8H5NO6.3C7H8N2O.C2H3N/c2*10-7(11)4-1-5(8(12)13)3-6(2-4)9(14)15;3*8-7(10)9-6-4-2-1-3-5-6;1-2-3/h2*1-3H,(H,10,11)(H,12,13);3*1-5H,(H3,8,9,10);1H3. The number of carboxylic acids is 4. The molecule has 6 amide bonds. The number of nitrogens with one attached hydrogen (secondary N) is 3. The van der Waals surface area contributed by atoms with Gasteiger partial charge in [-0.05, 0) is 48.5 Å². The lowest BCUT2D eigenvalue weighted by Crippen LogP contribution is -2.18. The van der Waals surface area contributed by atoms with Crippen LogP contribution in [-0.2, 0) is 0 Å². The maximum absolute atomic E-state index is 10.5. The molecule has 5 rings (SSSR count). The summed E-state index contributed by atoms with van der Waals surface area (Å²) >= 11 is 0. The van der Waals surface area contributed by atoms with Gasteiger partial charge in [0.2, 0.25) is 0 Å². The summed E-state index contributed by atoms with van der Waals surface area (Å²) in [4.78, 5) is 92.0. The molecule has 0 aromatic heterocycles. The Morgan fingerprint density at radius 1 is 0.476 bits per heavy atom. The van der Waals surface area contributed by atoms with E-state index in [0.29, 0.717) is 0 Å². The number of nitrogens with zero attached hydrogens (tertiary/aromatic N) is 3. The zero-order chi connectivity index (χ0) is 48.1. The van der Waals surface area contributed by atoms with Gasteiger partial charge in [0.15, 0.2) is 0 Å². The maximum atomic E-state index is 10.5. The molecule has 24 nitrogen and oxygen atoms in total. The quantitative estimate of drug-likeness (QED) is 0.0595. The van der Waals surface area contributed by atoms with Crippen LogP contribution < -0.4 is 33.2 Å². The molecule has 0 heterocycles. The van der Waals surface area contributed by atoms with Crippen molar-refractivity contribution in [3.63, 3.8) is 0 Å². The first-order chi connectivity index (χ1) is 29.6. The van der Waals surface area contributed by atoms with Crippen LogP contribution in [0.2, 0.25) is 0 Å². The first-order valence-corrected chi connectivity index (χ1v) is 16.8. The average molecular weight is 872 g/mol. The van der Waals surface area contributed by atoms with E-state index in [1.165, 1.54) is 6.92 Å². The predicted molar refractivity (Wildman–Crippen MR) is 224 cm³/mol. The first kappa shape index (κ1) is 53.1. The molecule has 13 N–H and O–H groups in total. The molecule has 328 valence electrons. The molecule has 24 heteroatoms. The van der Waals surface area contributed by atoms with Gasteiger partial charge in [-0.15, -0.1) is 0 Å². The van der Waals surface area contributed by atoms with E-state index >= 15 is 0 Å². The monoisotopic (exact) mass is 871 g/mol. The van der Waals surface area contributed by atoms with Crippen LogP contribution in [0.1, 0.15) is 48.4 Å². The number of nitriles is 1. The lowest BCUT2D eigenvalue weighted by Gasteiger charge is -1.98. The van der Waals surface area contributed by atoms with Crippen LogP contribution in [0.15, 0.2) is 127 Å². The summed E-state index contributed by atoms with van der Waals surface area (Å²) in [6.45, 7) is 1.43. The Morgan fingerprint density at radius 2 is 0.667 bits per heavy atom. The van der Waals surface area contributed by atoms with Gasteiger partial charge in [0, 0.05) is 48.3 Å². The van der Waals surface area contributed by atoms with E-state index in [4.69, 9.17) is 42.9 Å². The van der Waals surface area contributed by atoms with Crippen molar-refractivity contribution in [3.05, 3.63) is 170 Å². The van der Waals surface area contributed by atoms with Gasteiger partial charge in [-0.25, -0.2) is 33.6 Å². The Kier molecular flexibility index (Phi) is 24.0. The van der Waals surface area contributed by atoms with Gasteiger partial charge in [-0.2, -0.15) is 5.26 Å². The number of carboxylic acid groups (broad SMARTS) is 4. The van der Waals surface area contributed by atoms with Gasteiger partial charge in [0.1, 0.15) is 0 Å². The molecule has 0 saturated carbocycles. The van der Waals surface area contributed by atoms with Crippen molar-refractivity contribution < 1.29 is 63.8 Å². The highest BCUT2D eigenvalue weighted by atomic mass is 16.6. The lowest BCUT2D eigenvalue weighted by atomic mass is 10.1. The van der Waals surface area contributed by atoms with E-state index in [2.05, 4.69) is 16.0 Å². The first-order valence-electron chi connectivity index (χ1n) is 16.8. The number of nitrogens with two attached hydrogens (primary N) is 3. The van der Waals surface area contributed by atoms with Crippen molar-refractivity contribution in [1.82, 2.24) is 0 Å². The van der Waals surface area contributed by atoms with Crippen LogP contribution in [0, 0.1) is 31.6 Å².